The average molecular weight is 321 g/mol. The number of amides is 1. The second-order valence-corrected chi connectivity index (χ2v) is 5.92. The predicted octanol–water partition coefficient (Wildman–Crippen LogP) is 2.71. The van der Waals surface area contributed by atoms with Crippen LogP contribution in [0, 0.1) is 13.8 Å². The smallest absolute Gasteiger partial charge is 0.253 e. The molecule has 3 rings (SSSR count). The first-order valence-corrected chi connectivity index (χ1v) is 7.79. The van der Waals surface area contributed by atoms with E-state index in [0.29, 0.717) is 11.1 Å². The van der Waals surface area contributed by atoms with Crippen LogP contribution < -0.4 is 5.32 Å². The molecule has 2 N–H and O–H groups in total. The summed E-state index contributed by atoms with van der Waals surface area (Å²) in [6, 6.07) is 13.2. The first kappa shape index (κ1) is 16.1. The zero-order valence-corrected chi connectivity index (χ0v) is 13.7. The maximum absolute atomic E-state index is 12.4. The molecule has 3 aromatic rings. The predicted molar refractivity (Wildman–Crippen MR) is 92.7 cm³/mol. The van der Waals surface area contributed by atoms with Gasteiger partial charge in [-0.15, -0.1) is 0 Å². The molecule has 0 spiro atoms. The van der Waals surface area contributed by atoms with E-state index in [1.807, 2.05) is 56.3 Å². The molecule has 0 aliphatic carbocycles. The van der Waals surface area contributed by atoms with Crippen molar-refractivity contribution in [3.63, 3.8) is 0 Å². The molecule has 1 atom stereocenters. The normalized spacial score (nSPS) is 12.1. The zero-order valence-electron chi connectivity index (χ0n) is 13.7. The molecule has 0 bridgehead atoms. The van der Waals surface area contributed by atoms with Crippen molar-refractivity contribution in [2.75, 3.05) is 6.54 Å². The lowest BCUT2D eigenvalue weighted by atomic mass is 10.0. The van der Waals surface area contributed by atoms with E-state index in [1.165, 1.54) is 6.20 Å². The molecular formula is C19H19N3O2. The third kappa shape index (κ3) is 3.41. The number of aromatic nitrogens is 2. The summed E-state index contributed by atoms with van der Waals surface area (Å²) in [6.07, 6.45) is 0.689. The van der Waals surface area contributed by atoms with Gasteiger partial charge in [-0.2, -0.15) is 10.2 Å². The summed E-state index contributed by atoms with van der Waals surface area (Å²) >= 11 is 0. The van der Waals surface area contributed by atoms with Crippen molar-refractivity contribution >= 4 is 16.8 Å². The first-order chi connectivity index (χ1) is 11.5. The fourth-order valence-electron chi connectivity index (χ4n) is 2.79. The van der Waals surface area contributed by atoms with Crippen molar-refractivity contribution in [1.82, 2.24) is 15.5 Å². The fourth-order valence-corrected chi connectivity index (χ4v) is 2.79. The third-order valence-corrected chi connectivity index (χ3v) is 3.88. The second-order valence-electron chi connectivity index (χ2n) is 5.92. The van der Waals surface area contributed by atoms with Crippen molar-refractivity contribution in [3.8, 4) is 0 Å². The van der Waals surface area contributed by atoms with E-state index in [-0.39, 0.29) is 12.5 Å². The van der Waals surface area contributed by atoms with Crippen LogP contribution >= 0.6 is 0 Å². The highest BCUT2D eigenvalue weighted by Crippen LogP contribution is 2.18. The van der Waals surface area contributed by atoms with E-state index in [9.17, 15) is 9.90 Å². The molecule has 0 fully saturated rings. The fraction of sp³-hybridized carbons (Fsp3) is 0.211. The van der Waals surface area contributed by atoms with Crippen LogP contribution in [0.15, 0.2) is 48.7 Å². The van der Waals surface area contributed by atoms with Crippen LogP contribution in [0.25, 0.3) is 10.9 Å². The van der Waals surface area contributed by atoms with Crippen molar-refractivity contribution < 1.29 is 9.90 Å². The monoisotopic (exact) mass is 321 g/mol. The van der Waals surface area contributed by atoms with Crippen LogP contribution in [0.4, 0.5) is 0 Å². The van der Waals surface area contributed by atoms with Crippen molar-refractivity contribution in [1.29, 1.82) is 0 Å². The molecule has 0 saturated carbocycles. The number of fused-ring (bicyclic) bond motifs is 1. The molecule has 24 heavy (non-hydrogen) atoms. The Labute approximate surface area is 140 Å². The molecular weight excluding hydrogens is 302 g/mol. The molecule has 0 radical (unpaired) electrons. The van der Waals surface area contributed by atoms with Crippen LogP contribution in [0.5, 0.6) is 0 Å². The molecule has 122 valence electrons. The number of carbonyl (C=O) groups excluding carboxylic acids is 1. The summed E-state index contributed by atoms with van der Waals surface area (Å²) < 4.78 is 0. The Morgan fingerprint density at radius 2 is 1.88 bits per heavy atom. The third-order valence-electron chi connectivity index (χ3n) is 3.88. The van der Waals surface area contributed by atoms with Crippen molar-refractivity contribution in [3.05, 3.63) is 70.9 Å². The largest absolute Gasteiger partial charge is 0.387 e. The Hall–Kier alpha value is -2.79. The minimum Gasteiger partial charge on any atom is -0.387 e. The van der Waals surface area contributed by atoms with Crippen LogP contribution in [-0.2, 0) is 0 Å². The van der Waals surface area contributed by atoms with E-state index >= 15 is 0 Å². The van der Waals surface area contributed by atoms with Gasteiger partial charge in [-0.25, -0.2) is 0 Å². The van der Waals surface area contributed by atoms with Crippen molar-refractivity contribution in [2.45, 2.75) is 20.0 Å². The summed E-state index contributed by atoms with van der Waals surface area (Å²) in [5.41, 5.74) is 4.08. The maximum Gasteiger partial charge on any atom is 0.253 e. The summed E-state index contributed by atoms with van der Waals surface area (Å²) in [5.74, 6) is -0.274. The average Bonchev–Trinajstić information content (AvgIpc) is 2.58. The Kier molecular flexibility index (Phi) is 4.53. The minimum absolute atomic E-state index is 0.137. The Morgan fingerprint density at radius 1 is 1.17 bits per heavy atom. The highest BCUT2D eigenvalue weighted by molar-refractivity contribution is 6.05. The van der Waals surface area contributed by atoms with Gasteiger partial charge in [-0.05, 0) is 25.5 Å². The lowest BCUT2D eigenvalue weighted by molar-refractivity contribution is 0.0917. The van der Waals surface area contributed by atoms with Crippen LogP contribution in [-0.4, -0.2) is 27.8 Å². The highest BCUT2D eigenvalue weighted by atomic mass is 16.3. The van der Waals surface area contributed by atoms with Crippen LogP contribution in [0.3, 0.4) is 0 Å². The number of rotatable bonds is 4. The molecule has 1 unspecified atom stereocenters. The van der Waals surface area contributed by atoms with Gasteiger partial charge in [0.25, 0.3) is 5.91 Å². The SMILES string of the molecule is Cc1cc(C)cc(C(O)CNC(=O)c2cnnc3ccccc23)c1. The number of hydrogen-bond donors (Lipinski definition) is 2. The van der Waals surface area contributed by atoms with E-state index < -0.39 is 6.10 Å². The van der Waals surface area contributed by atoms with Crippen LogP contribution in [0.1, 0.15) is 33.2 Å². The number of aryl methyl sites for hydroxylation is 2. The highest BCUT2D eigenvalue weighted by Gasteiger charge is 2.14. The Morgan fingerprint density at radius 3 is 2.62 bits per heavy atom. The molecule has 2 aromatic carbocycles. The molecule has 5 nitrogen and oxygen atoms in total. The number of nitrogens with one attached hydrogen (secondary N) is 1. The molecule has 1 amide bonds. The van der Waals surface area contributed by atoms with Crippen LogP contribution in [0.2, 0.25) is 0 Å². The number of nitrogens with zero attached hydrogens (tertiary/aromatic N) is 2. The van der Waals surface area contributed by atoms with Gasteiger partial charge in [0.05, 0.1) is 23.4 Å². The number of benzene rings is 2. The summed E-state index contributed by atoms with van der Waals surface area (Å²) in [4.78, 5) is 12.4. The number of carbonyl (C=O) groups is 1. The van der Waals surface area contributed by atoms with Crippen molar-refractivity contribution in [2.24, 2.45) is 0 Å². The maximum atomic E-state index is 12.4. The zero-order chi connectivity index (χ0) is 17.1. The summed E-state index contributed by atoms with van der Waals surface area (Å²) in [5, 5.41) is 21.7. The Balaban J connectivity index is 1.75. The number of aliphatic hydroxyl groups excluding tert-OH is 1. The van der Waals surface area contributed by atoms with Gasteiger partial charge < -0.3 is 10.4 Å². The minimum atomic E-state index is -0.756. The lowest BCUT2D eigenvalue weighted by Gasteiger charge is -2.14. The molecule has 1 heterocycles. The Bertz CT molecular complexity index is 867. The van der Waals surface area contributed by atoms with Gasteiger partial charge in [0.1, 0.15) is 0 Å². The van der Waals surface area contributed by atoms with E-state index in [1.54, 1.807) is 0 Å². The standard InChI is InChI=1S/C19H19N3O2/c1-12-7-13(2)9-14(8-12)18(23)11-20-19(24)16-10-21-22-17-6-4-3-5-15(16)17/h3-10,18,23H,11H2,1-2H3,(H,20,24). The van der Waals surface area contributed by atoms with Gasteiger partial charge in [-0.1, -0.05) is 47.5 Å². The lowest BCUT2D eigenvalue weighted by Crippen LogP contribution is -2.28. The second kappa shape index (κ2) is 6.76. The van der Waals surface area contributed by atoms with E-state index in [2.05, 4.69) is 15.5 Å². The molecule has 0 aliphatic rings. The topological polar surface area (TPSA) is 75.1 Å². The number of aliphatic hydroxyl groups is 1. The summed E-state index contributed by atoms with van der Waals surface area (Å²) in [7, 11) is 0. The molecule has 1 aromatic heterocycles. The van der Waals surface area contributed by atoms with Gasteiger partial charge in [-0.3, -0.25) is 4.79 Å². The molecule has 5 heteroatoms. The van der Waals surface area contributed by atoms with Gasteiger partial charge >= 0.3 is 0 Å². The molecule has 0 saturated heterocycles. The molecule has 0 aliphatic heterocycles. The van der Waals surface area contributed by atoms with E-state index in [4.69, 9.17) is 0 Å². The number of hydrogen-bond acceptors (Lipinski definition) is 4. The van der Waals surface area contributed by atoms with Gasteiger partial charge in [0, 0.05) is 11.9 Å². The van der Waals surface area contributed by atoms with E-state index in [0.717, 1.165) is 22.1 Å². The van der Waals surface area contributed by atoms with Gasteiger partial charge in [0.2, 0.25) is 0 Å². The first-order valence-electron chi connectivity index (χ1n) is 7.79. The summed E-state index contributed by atoms with van der Waals surface area (Å²) in [6.45, 7) is 4.10. The quantitative estimate of drug-likeness (QED) is 0.775. The van der Waals surface area contributed by atoms with Gasteiger partial charge in [0.15, 0.2) is 0 Å².